The normalized spacial score (nSPS) is 20.8. The Balaban J connectivity index is 1.94. The van der Waals surface area contributed by atoms with E-state index < -0.39 is 0 Å². The van der Waals surface area contributed by atoms with Gasteiger partial charge in [-0.15, -0.1) is 0 Å². The van der Waals surface area contributed by atoms with E-state index in [1.807, 2.05) is 0 Å². The number of Topliss-reactive ketones (excluding diaryl/α,β-unsaturated/α-hetero) is 1. The van der Waals surface area contributed by atoms with Crippen LogP contribution in [-0.2, 0) is 16.0 Å². The second-order valence-corrected chi connectivity index (χ2v) is 6.38. The van der Waals surface area contributed by atoms with E-state index in [1.54, 1.807) is 17.0 Å². The molecule has 1 amide bonds. The standard InChI is InChI=1S/C18H20BNO4/c1-24-18-9-15(19)12(8-17(18)23)7-16-14-3-2-13(22)6-11(14)4-5-20(16)10-21/h8-10,16,23H,2-7H2,1H3. The van der Waals surface area contributed by atoms with Crippen molar-refractivity contribution in [3.05, 3.63) is 28.8 Å². The van der Waals surface area contributed by atoms with Crippen molar-refractivity contribution in [3.8, 4) is 11.5 Å². The fourth-order valence-corrected chi connectivity index (χ4v) is 3.70. The van der Waals surface area contributed by atoms with Gasteiger partial charge in [-0.1, -0.05) is 11.0 Å². The highest BCUT2D eigenvalue weighted by molar-refractivity contribution is 6.33. The maximum absolute atomic E-state index is 11.7. The lowest BCUT2D eigenvalue weighted by Crippen LogP contribution is -2.43. The Morgan fingerprint density at radius 3 is 2.88 bits per heavy atom. The van der Waals surface area contributed by atoms with Gasteiger partial charge in [-0.2, -0.15) is 0 Å². The van der Waals surface area contributed by atoms with Gasteiger partial charge in [-0.25, -0.2) is 0 Å². The van der Waals surface area contributed by atoms with Gasteiger partial charge in [0.1, 0.15) is 13.6 Å². The molecule has 3 rings (SSSR count). The van der Waals surface area contributed by atoms with E-state index in [1.165, 1.54) is 18.3 Å². The van der Waals surface area contributed by atoms with Gasteiger partial charge >= 0.3 is 0 Å². The number of methoxy groups -OCH3 is 1. The summed E-state index contributed by atoms with van der Waals surface area (Å²) in [6.07, 6.45) is 3.89. The van der Waals surface area contributed by atoms with Crippen LogP contribution < -0.4 is 10.2 Å². The summed E-state index contributed by atoms with van der Waals surface area (Å²) in [5, 5.41) is 10.0. The first-order valence-corrected chi connectivity index (χ1v) is 8.12. The van der Waals surface area contributed by atoms with Crippen molar-refractivity contribution < 1.29 is 19.4 Å². The zero-order valence-corrected chi connectivity index (χ0v) is 13.7. The quantitative estimate of drug-likeness (QED) is 0.510. The summed E-state index contributed by atoms with van der Waals surface area (Å²) in [5.41, 5.74) is 3.65. The van der Waals surface area contributed by atoms with Crippen molar-refractivity contribution in [2.45, 2.75) is 38.1 Å². The van der Waals surface area contributed by atoms with Gasteiger partial charge in [0.05, 0.1) is 13.2 Å². The van der Waals surface area contributed by atoms with E-state index in [9.17, 15) is 14.7 Å². The Morgan fingerprint density at radius 2 is 2.17 bits per heavy atom. The smallest absolute Gasteiger partial charge is 0.210 e. The van der Waals surface area contributed by atoms with Crippen LogP contribution in [-0.4, -0.2) is 49.7 Å². The fraction of sp³-hybridized carbons (Fsp3) is 0.444. The Hall–Kier alpha value is -2.24. The molecule has 0 fully saturated rings. The summed E-state index contributed by atoms with van der Waals surface area (Å²) in [6, 6.07) is 3.09. The molecule has 6 heteroatoms. The molecule has 0 aromatic heterocycles. The number of rotatable bonds is 4. The molecule has 1 N–H and O–H groups in total. The molecular formula is C18H20BNO4. The second-order valence-electron chi connectivity index (χ2n) is 6.38. The minimum Gasteiger partial charge on any atom is -0.504 e. The predicted octanol–water partition coefficient (Wildman–Crippen LogP) is 1.02. The molecule has 2 radical (unpaired) electrons. The zero-order valence-electron chi connectivity index (χ0n) is 13.7. The third kappa shape index (κ3) is 3.05. The number of benzene rings is 1. The molecule has 0 saturated carbocycles. The molecular weight excluding hydrogens is 305 g/mol. The topological polar surface area (TPSA) is 66.8 Å². The van der Waals surface area contributed by atoms with E-state index in [4.69, 9.17) is 12.6 Å². The number of carbonyl (C=O) groups excluding carboxylic acids is 2. The van der Waals surface area contributed by atoms with Gasteiger partial charge in [-0.3, -0.25) is 9.59 Å². The van der Waals surface area contributed by atoms with Crippen LogP contribution in [0.15, 0.2) is 23.3 Å². The number of hydrogen-bond acceptors (Lipinski definition) is 4. The molecule has 0 spiro atoms. The van der Waals surface area contributed by atoms with Gasteiger partial charge in [-0.05, 0) is 42.5 Å². The number of amides is 1. The number of hydrogen-bond donors (Lipinski definition) is 1. The van der Waals surface area contributed by atoms with Gasteiger partial charge in [0.25, 0.3) is 0 Å². The average molecular weight is 325 g/mol. The van der Waals surface area contributed by atoms with Crippen molar-refractivity contribution in [3.63, 3.8) is 0 Å². The third-order valence-electron chi connectivity index (χ3n) is 5.00. The SMILES string of the molecule is [B]c1cc(OC)c(O)cc1CC1C2=C(CCN1C=O)CC(=O)CC2. The Bertz CT molecular complexity index is 713. The van der Waals surface area contributed by atoms with Crippen LogP contribution in [0.25, 0.3) is 0 Å². The van der Waals surface area contributed by atoms with E-state index in [0.717, 1.165) is 18.4 Å². The molecule has 1 atom stereocenters. The van der Waals surface area contributed by atoms with Crippen molar-refractivity contribution in [2.75, 3.05) is 13.7 Å². The Labute approximate surface area is 142 Å². The van der Waals surface area contributed by atoms with E-state index in [0.29, 0.717) is 43.4 Å². The van der Waals surface area contributed by atoms with Gasteiger partial charge in [0.2, 0.25) is 6.41 Å². The Kier molecular flexibility index (Phi) is 4.65. The molecule has 1 aliphatic heterocycles. The first-order valence-electron chi connectivity index (χ1n) is 8.12. The second kappa shape index (κ2) is 6.71. The average Bonchev–Trinajstić information content (AvgIpc) is 2.57. The monoisotopic (exact) mass is 325 g/mol. The number of aromatic hydroxyl groups is 1. The van der Waals surface area contributed by atoms with Crippen LogP contribution in [0.4, 0.5) is 0 Å². The number of phenols is 1. The third-order valence-corrected chi connectivity index (χ3v) is 5.00. The maximum atomic E-state index is 11.7. The lowest BCUT2D eigenvalue weighted by molar-refractivity contribution is -0.120. The maximum Gasteiger partial charge on any atom is 0.210 e. The van der Waals surface area contributed by atoms with Crippen molar-refractivity contribution in [2.24, 2.45) is 0 Å². The molecule has 1 aromatic rings. The molecule has 1 aliphatic carbocycles. The van der Waals surface area contributed by atoms with Crippen LogP contribution in [0, 0.1) is 0 Å². The minimum absolute atomic E-state index is 0.0307. The van der Waals surface area contributed by atoms with Gasteiger partial charge in [0.15, 0.2) is 11.5 Å². The number of phenolic OH excluding ortho intramolecular Hbond substituents is 1. The highest BCUT2D eigenvalue weighted by Gasteiger charge is 2.32. The zero-order chi connectivity index (χ0) is 17.3. The largest absolute Gasteiger partial charge is 0.504 e. The highest BCUT2D eigenvalue weighted by atomic mass is 16.5. The molecule has 5 nitrogen and oxygen atoms in total. The molecule has 124 valence electrons. The van der Waals surface area contributed by atoms with Crippen LogP contribution in [0.2, 0.25) is 0 Å². The van der Waals surface area contributed by atoms with Crippen molar-refractivity contribution in [1.29, 1.82) is 0 Å². The molecule has 0 saturated heterocycles. The summed E-state index contributed by atoms with van der Waals surface area (Å²) in [4.78, 5) is 25.0. The van der Waals surface area contributed by atoms with Crippen LogP contribution in [0.3, 0.4) is 0 Å². The molecule has 2 aliphatic rings. The van der Waals surface area contributed by atoms with Gasteiger partial charge in [0, 0.05) is 19.4 Å². The van der Waals surface area contributed by atoms with E-state index in [-0.39, 0.29) is 17.6 Å². The lowest BCUT2D eigenvalue weighted by atomic mass is 9.78. The first kappa shape index (κ1) is 16.6. The number of ether oxygens (including phenoxy) is 1. The van der Waals surface area contributed by atoms with Crippen molar-refractivity contribution in [1.82, 2.24) is 4.90 Å². The molecule has 0 bridgehead atoms. The molecule has 1 aromatic carbocycles. The molecule has 1 heterocycles. The lowest BCUT2D eigenvalue weighted by Gasteiger charge is -2.39. The summed E-state index contributed by atoms with van der Waals surface area (Å²) in [5.74, 6) is 0.632. The molecule has 1 unspecified atom stereocenters. The number of nitrogens with zero attached hydrogens (tertiary/aromatic N) is 1. The summed E-state index contributed by atoms with van der Waals surface area (Å²) < 4.78 is 5.07. The molecule has 24 heavy (non-hydrogen) atoms. The van der Waals surface area contributed by atoms with E-state index >= 15 is 0 Å². The highest BCUT2D eigenvalue weighted by Crippen LogP contribution is 2.35. The number of ketones is 1. The van der Waals surface area contributed by atoms with Crippen LogP contribution in [0.5, 0.6) is 11.5 Å². The number of carbonyl (C=O) groups is 2. The summed E-state index contributed by atoms with van der Waals surface area (Å²) >= 11 is 0. The van der Waals surface area contributed by atoms with E-state index in [2.05, 4.69) is 0 Å². The minimum atomic E-state index is -0.102. The first-order chi connectivity index (χ1) is 11.5. The Morgan fingerprint density at radius 1 is 1.38 bits per heavy atom. The fourth-order valence-electron chi connectivity index (χ4n) is 3.70. The van der Waals surface area contributed by atoms with Crippen LogP contribution >= 0.6 is 0 Å². The predicted molar refractivity (Wildman–Crippen MR) is 90.8 cm³/mol. The summed E-state index contributed by atoms with van der Waals surface area (Å²) in [7, 11) is 7.56. The van der Waals surface area contributed by atoms with Crippen LogP contribution in [0.1, 0.15) is 31.2 Å². The van der Waals surface area contributed by atoms with Gasteiger partial charge < -0.3 is 14.7 Å². The van der Waals surface area contributed by atoms with Crippen molar-refractivity contribution >= 4 is 25.5 Å². The summed E-state index contributed by atoms with van der Waals surface area (Å²) in [6.45, 7) is 0.613.